The maximum Gasteiger partial charge on any atom is 0.225 e. The minimum atomic E-state index is -1.03. The normalized spacial score (nSPS) is 22.5. The van der Waals surface area contributed by atoms with Gasteiger partial charge in [0, 0.05) is 25.6 Å². The molecule has 1 saturated carbocycles. The lowest BCUT2D eigenvalue weighted by molar-refractivity contribution is -0.141. The molecule has 5 heteroatoms. The second kappa shape index (κ2) is 8.47. The van der Waals surface area contributed by atoms with Gasteiger partial charge in [-0.05, 0) is 32.1 Å². The van der Waals surface area contributed by atoms with Gasteiger partial charge in [0.05, 0.1) is 11.5 Å². The molecule has 2 amide bonds. The monoisotopic (exact) mass is 334 g/mol. The predicted octanol–water partition coefficient (Wildman–Crippen LogP) is 2.17. The molecule has 2 aliphatic rings. The SMILES string of the molecule is C=CCC(O)(CC=C)CNC(=O)C1CCC(=O)N(C2CCCC2)C1. The fraction of sp³-hybridized carbons (Fsp3) is 0.684. The van der Waals surface area contributed by atoms with Crippen LogP contribution in [0.3, 0.4) is 0 Å². The molecular formula is C19H30N2O3. The van der Waals surface area contributed by atoms with Gasteiger partial charge in [0.2, 0.25) is 11.8 Å². The van der Waals surface area contributed by atoms with E-state index in [4.69, 9.17) is 0 Å². The molecular weight excluding hydrogens is 304 g/mol. The van der Waals surface area contributed by atoms with Gasteiger partial charge in [-0.25, -0.2) is 0 Å². The van der Waals surface area contributed by atoms with Crippen LogP contribution in [0.2, 0.25) is 0 Å². The molecule has 0 spiro atoms. The Morgan fingerprint density at radius 1 is 1.25 bits per heavy atom. The molecule has 2 fully saturated rings. The third-order valence-corrected chi connectivity index (χ3v) is 5.22. The van der Waals surface area contributed by atoms with Gasteiger partial charge in [-0.15, -0.1) is 13.2 Å². The lowest BCUT2D eigenvalue weighted by atomic mass is 9.93. The van der Waals surface area contributed by atoms with Crippen molar-refractivity contribution >= 4 is 11.8 Å². The van der Waals surface area contributed by atoms with Crippen molar-refractivity contribution in [3.05, 3.63) is 25.3 Å². The summed E-state index contributed by atoms with van der Waals surface area (Å²) in [5, 5.41) is 13.4. The van der Waals surface area contributed by atoms with Gasteiger partial charge in [-0.2, -0.15) is 0 Å². The summed E-state index contributed by atoms with van der Waals surface area (Å²) in [6.07, 6.45) is 9.58. The first-order chi connectivity index (χ1) is 11.5. The van der Waals surface area contributed by atoms with Crippen molar-refractivity contribution < 1.29 is 14.7 Å². The van der Waals surface area contributed by atoms with Crippen molar-refractivity contribution in [1.82, 2.24) is 10.2 Å². The molecule has 24 heavy (non-hydrogen) atoms. The van der Waals surface area contributed by atoms with E-state index in [0.717, 1.165) is 12.8 Å². The maximum absolute atomic E-state index is 12.5. The van der Waals surface area contributed by atoms with Crippen LogP contribution in [-0.2, 0) is 9.59 Å². The molecule has 1 saturated heterocycles. The Morgan fingerprint density at radius 3 is 2.46 bits per heavy atom. The van der Waals surface area contributed by atoms with Crippen molar-refractivity contribution in [2.24, 2.45) is 5.92 Å². The van der Waals surface area contributed by atoms with Gasteiger partial charge in [0.15, 0.2) is 0 Å². The zero-order valence-corrected chi connectivity index (χ0v) is 14.5. The maximum atomic E-state index is 12.5. The predicted molar refractivity (Wildman–Crippen MR) is 94.3 cm³/mol. The number of aliphatic hydroxyl groups is 1. The van der Waals surface area contributed by atoms with E-state index in [-0.39, 0.29) is 24.3 Å². The molecule has 2 rings (SSSR count). The minimum Gasteiger partial charge on any atom is -0.387 e. The number of nitrogens with zero attached hydrogens (tertiary/aromatic N) is 1. The molecule has 0 aromatic heterocycles. The Bertz CT molecular complexity index is 473. The van der Waals surface area contributed by atoms with E-state index in [9.17, 15) is 14.7 Å². The molecule has 1 aliphatic heterocycles. The van der Waals surface area contributed by atoms with E-state index in [1.54, 1.807) is 12.2 Å². The van der Waals surface area contributed by atoms with Gasteiger partial charge in [0.1, 0.15) is 0 Å². The zero-order chi connectivity index (χ0) is 17.6. The second-order valence-electron chi connectivity index (χ2n) is 7.15. The smallest absolute Gasteiger partial charge is 0.225 e. The van der Waals surface area contributed by atoms with Crippen LogP contribution in [-0.4, -0.2) is 46.6 Å². The summed E-state index contributed by atoms with van der Waals surface area (Å²) in [5.41, 5.74) is -1.03. The van der Waals surface area contributed by atoms with E-state index in [0.29, 0.717) is 38.3 Å². The topological polar surface area (TPSA) is 69.6 Å². The lowest BCUT2D eigenvalue weighted by Gasteiger charge is -2.36. The summed E-state index contributed by atoms with van der Waals surface area (Å²) in [4.78, 5) is 26.6. The summed E-state index contributed by atoms with van der Waals surface area (Å²) in [6.45, 7) is 8.00. The van der Waals surface area contributed by atoms with Crippen LogP contribution >= 0.6 is 0 Å². The quantitative estimate of drug-likeness (QED) is 0.668. The number of piperidine rings is 1. The van der Waals surface area contributed by atoms with Gasteiger partial charge in [-0.1, -0.05) is 25.0 Å². The summed E-state index contributed by atoms with van der Waals surface area (Å²) in [5.74, 6) is -0.0715. The third-order valence-electron chi connectivity index (χ3n) is 5.22. The van der Waals surface area contributed by atoms with E-state index < -0.39 is 5.60 Å². The summed E-state index contributed by atoms with van der Waals surface area (Å²) in [7, 11) is 0. The Labute approximate surface area is 144 Å². The van der Waals surface area contributed by atoms with E-state index >= 15 is 0 Å². The molecule has 1 aliphatic carbocycles. The Morgan fingerprint density at radius 2 is 1.88 bits per heavy atom. The van der Waals surface area contributed by atoms with Crippen molar-refractivity contribution in [2.75, 3.05) is 13.1 Å². The highest BCUT2D eigenvalue weighted by atomic mass is 16.3. The number of amides is 2. The highest BCUT2D eigenvalue weighted by Gasteiger charge is 2.35. The first-order valence-corrected chi connectivity index (χ1v) is 9.00. The molecule has 0 bridgehead atoms. The van der Waals surface area contributed by atoms with Crippen molar-refractivity contribution in [1.29, 1.82) is 0 Å². The van der Waals surface area contributed by atoms with Gasteiger partial charge in [0.25, 0.3) is 0 Å². The standard InChI is InChI=1S/C19H30N2O3/c1-3-11-19(24,12-4-2)14-20-18(23)15-9-10-17(22)21(13-15)16-7-5-6-8-16/h3-4,15-16,24H,1-2,5-14H2,(H,20,23). The lowest BCUT2D eigenvalue weighted by Crippen LogP contribution is -2.51. The van der Waals surface area contributed by atoms with E-state index in [2.05, 4.69) is 18.5 Å². The van der Waals surface area contributed by atoms with E-state index in [1.807, 2.05) is 4.90 Å². The fourth-order valence-electron chi connectivity index (χ4n) is 3.82. The highest BCUT2D eigenvalue weighted by Crippen LogP contribution is 2.28. The van der Waals surface area contributed by atoms with Crippen LogP contribution in [0.1, 0.15) is 51.4 Å². The molecule has 5 nitrogen and oxygen atoms in total. The molecule has 1 unspecified atom stereocenters. The van der Waals surface area contributed by atoms with E-state index in [1.165, 1.54) is 12.8 Å². The fourth-order valence-corrected chi connectivity index (χ4v) is 3.82. The summed E-state index contributed by atoms with van der Waals surface area (Å²) < 4.78 is 0. The van der Waals surface area contributed by atoms with Crippen LogP contribution in [0.15, 0.2) is 25.3 Å². The van der Waals surface area contributed by atoms with Crippen molar-refractivity contribution in [3.63, 3.8) is 0 Å². The second-order valence-corrected chi connectivity index (χ2v) is 7.15. The van der Waals surface area contributed by atoms with Crippen molar-refractivity contribution in [3.8, 4) is 0 Å². The van der Waals surface area contributed by atoms with Gasteiger partial charge >= 0.3 is 0 Å². The number of rotatable bonds is 8. The number of carbonyl (C=O) groups excluding carboxylic acids is 2. The summed E-state index contributed by atoms with van der Waals surface area (Å²) >= 11 is 0. The first kappa shape index (κ1) is 18.7. The molecule has 0 aromatic carbocycles. The van der Waals surface area contributed by atoms with Crippen LogP contribution in [0.5, 0.6) is 0 Å². The van der Waals surface area contributed by atoms with Gasteiger partial charge < -0.3 is 15.3 Å². The average molecular weight is 334 g/mol. The van der Waals surface area contributed by atoms with Crippen LogP contribution in [0.4, 0.5) is 0 Å². The Balaban J connectivity index is 1.90. The first-order valence-electron chi connectivity index (χ1n) is 9.00. The minimum absolute atomic E-state index is 0.0722. The van der Waals surface area contributed by atoms with Crippen molar-refractivity contribution in [2.45, 2.75) is 63.0 Å². The zero-order valence-electron chi connectivity index (χ0n) is 14.5. The Kier molecular flexibility index (Phi) is 6.60. The largest absolute Gasteiger partial charge is 0.387 e. The highest BCUT2D eigenvalue weighted by molar-refractivity contribution is 5.84. The number of likely N-dealkylation sites (tertiary alicyclic amines) is 1. The summed E-state index contributed by atoms with van der Waals surface area (Å²) in [6, 6.07) is 0.312. The average Bonchev–Trinajstić information content (AvgIpc) is 3.08. The Hall–Kier alpha value is -1.62. The van der Waals surface area contributed by atoms with Crippen LogP contribution in [0, 0.1) is 5.92 Å². The molecule has 0 radical (unpaired) electrons. The molecule has 1 atom stereocenters. The number of nitrogens with one attached hydrogen (secondary N) is 1. The molecule has 1 heterocycles. The van der Waals surface area contributed by atoms with Crippen LogP contribution < -0.4 is 5.32 Å². The molecule has 2 N–H and O–H groups in total. The molecule has 134 valence electrons. The van der Waals surface area contributed by atoms with Gasteiger partial charge in [-0.3, -0.25) is 9.59 Å². The van der Waals surface area contributed by atoms with Crippen LogP contribution in [0.25, 0.3) is 0 Å². The third kappa shape index (κ3) is 4.69. The number of hydrogen-bond acceptors (Lipinski definition) is 3. The number of carbonyl (C=O) groups is 2. The number of hydrogen-bond donors (Lipinski definition) is 2. The molecule has 0 aromatic rings.